The van der Waals surface area contributed by atoms with Crippen LogP contribution in [0.3, 0.4) is 0 Å². The highest BCUT2D eigenvalue weighted by Crippen LogP contribution is 2.29. The predicted molar refractivity (Wildman–Crippen MR) is 116 cm³/mol. The van der Waals surface area contributed by atoms with Gasteiger partial charge in [0, 0.05) is 22.8 Å². The molecule has 3 aromatic heterocycles. The molecule has 0 spiro atoms. The quantitative estimate of drug-likeness (QED) is 0.590. The maximum atomic E-state index is 12.6. The van der Waals surface area contributed by atoms with Crippen molar-refractivity contribution in [1.29, 1.82) is 0 Å². The van der Waals surface area contributed by atoms with E-state index in [0.717, 1.165) is 20.0 Å². The molecule has 1 saturated heterocycles. The van der Waals surface area contributed by atoms with Crippen molar-refractivity contribution >= 4 is 66.2 Å². The number of amides is 1. The van der Waals surface area contributed by atoms with Crippen molar-refractivity contribution in [3.63, 3.8) is 0 Å². The molecular weight excluding hydrogens is 454 g/mol. The van der Waals surface area contributed by atoms with E-state index < -0.39 is 10.0 Å². The minimum absolute atomic E-state index is 0.0363. The second kappa shape index (κ2) is 8.15. The van der Waals surface area contributed by atoms with Gasteiger partial charge in [-0.25, -0.2) is 18.4 Å². The van der Waals surface area contributed by atoms with Gasteiger partial charge in [-0.05, 0) is 24.6 Å². The summed E-state index contributed by atoms with van der Waals surface area (Å²) in [6, 6.07) is 5.47. The highest BCUT2D eigenvalue weighted by atomic mass is 35.5. The van der Waals surface area contributed by atoms with E-state index >= 15 is 0 Å². The number of hydrogen-bond donors (Lipinski definition) is 1. The lowest BCUT2D eigenvalue weighted by Gasteiger charge is -2.33. The van der Waals surface area contributed by atoms with Crippen LogP contribution >= 0.6 is 34.3 Å². The third-order valence-electron chi connectivity index (χ3n) is 4.65. The standard InChI is InChI=1S/C17H18ClN5O3S3/c18-14-2-1-11(27-14)3-6-29(25,26)23-5-4-22(15(24)9-23)8-12-7-13-16(28-12)17(19)21-10-20-13/h1-2,7,10H,3-6,8-9H2,(H2,19,20,21). The predicted octanol–water partition coefficient (Wildman–Crippen LogP) is 2.21. The van der Waals surface area contributed by atoms with E-state index in [1.165, 1.54) is 33.3 Å². The number of carbonyl (C=O) groups is 1. The Labute approximate surface area is 181 Å². The van der Waals surface area contributed by atoms with E-state index in [1.54, 1.807) is 11.0 Å². The number of thiophene rings is 2. The molecule has 29 heavy (non-hydrogen) atoms. The average Bonchev–Trinajstić information content (AvgIpc) is 3.28. The van der Waals surface area contributed by atoms with Gasteiger partial charge in [0.2, 0.25) is 15.9 Å². The zero-order chi connectivity index (χ0) is 20.6. The maximum Gasteiger partial charge on any atom is 0.238 e. The van der Waals surface area contributed by atoms with Gasteiger partial charge < -0.3 is 10.6 Å². The number of sulfonamides is 1. The molecule has 8 nitrogen and oxygen atoms in total. The van der Waals surface area contributed by atoms with Crippen molar-refractivity contribution in [2.75, 3.05) is 31.1 Å². The molecule has 0 bridgehead atoms. The first-order valence-corrected chi connectivity index (χ1v) is 12.4. The minimum Gasteiger partial charge on any atom is -0.382 e. The molecule has 0 atom stereocenters. The van der Waals surface area contributed by atoms with Crippen LogP contribution in [0, 0.1) is 0 Å². The number of halogens is 1. The van der Waals surface area contributed by atoms with Crippen LogP contribution in [-0.4, -0.2) is 58.9 Å². The summed E-state index contributed by atoms with van der Waals surface area (Å²) in [4.78, 5) is 24.3. The van der Waals surface area contributed by atoms with Crippen LogP contribution in [0.25, 0.3) is 10.2 Å². The molecule has 154 valence electrons. The fourth-order valence-electron chi connectivity index (χ4n) is 3.12. The molecule has 2 N–H and O–H groups in total. The summed E-state index contributed by atoms with van der Waals surface area (Å²) in [5.41, 5.74) is 6.62. The van der Waals surface area contributed by atoms with Crippen molar-refractivity contribution in [3.05, 3.63) is 38.6 Å². The van der Waals surface area contributed by atoms with Gasteiger partial charge in [0.25, 0.3) is 0 Å². The molecule has 1 aliphatic rings. The van der Waals surface area contributed by atoms with Crippen LogP contribution in [-0.2, 0) is 27.8 Å². The summed E-state index contributed by atoms with van der Waals surface area (Å²) in [7, 11) is -3.51. The SMILES string of the molecule is Nc1ncnc2cc(CN3CCN(S(=O)(=O)CCc4ccc(Cl)s4)CC3=O)sc12. The number of nitrogens with zero attached hydrogens (tertiary/aromatic N) is 4. The van der Waals surface area contributed by atoms with Crippen LogP contribution in [0.1, 0.15) is 9.75 Å². The first-order valence-electron chi connectivity index (χ1n) is 8.80. The van der Waals surface area contributed by atoms with Crippen LogP contribution in [0.2, 0.25) is 4.34 Å². The number of fused-ring (bicyclic) bond motifs is 1. The number of aromatic nitrogens is 2. The van der Waals surface area contributed by atoms with Gasteiger partial charge in [0.15, 0.2) is 0 Å². The van der Waals surface area contributed by atoms with Gasteiger partial charge >= 0.3 is 0 Å². The van der Waals surface area contributed by atoms with Crippen molar-refractivity contribution in [2.45, 2.75) is 13.0 Å². The lowest BCUT2D eigenvalue weighted by Crippen LogP contribution is -2.52. The number of rotatable bonds is 6. The Morgan fingerprint density at radius 1 is 1.17 bits per heavy atom. The summed E-state index contributed by atoms with van der Waals surface area (Å²) in [6.45, 7) is 0.895. The summed E-state index contributed by atoms with van der Waals surface area (Å²) in [5, 5.41) is 0. The van der Waals surface area contributed by atoms with E-state index in [-0.39, 0.29) is 24.7 Å². The molecule has 1 aliphatic heterocycles. The molecule has 0 aromatic carbocycles. The Balaban J connectivity index is 1.38. The van der Waals surface area contributed by atoms with Crippen LogP contribution in [0.5, 0.6) is 0 Å². The molecule has 0 unspecified atom stereocenters. The number of piperazine rings is 1. The highest BCUT2D eigenvalue weighted by molar-refractivity contribution is 7.89. The average molecular weight is 472 g/mol. The molecular formula is C17H18ClN5O3S3. The second-order valence-electron chi connectivity index (χ2n) is 6.61. The number of carbonyl (C=O) groups excluding carboxylic acids is 1. The van der Waals surface area contributed by atoms with Gasteiger partial charge in [-0.15, -0.1) is 22.7 Å². The summed E-state index contributed by atoms with van der Waals surface area (Å²) in [5.74, 6) is 0.168. The number of nitrogen functional groups attached to an aromatic ring is 1. The monoisotopic (exact) mass is 471 g/mol. The van der Waals surface area contributed by atoms with E-state index in [4.69, 9.17) is 17.3 Å². The molecule has 12 heteroatoms. The molecule has 0 aliphatic carbocycles. The molecule has 0 saturated carbocycles. The fourth-order valence-corrected chi connectivity index (χ4v) is 6.77. The van der Waals surface area contributed by atoms with Crippen molar-refractivity contribution in [1.82, 2.24) is 19.2 Å². The van der Waals surface area contributed by atoms with E-state index in [2.05, 4.69) is 9.97 Å². The molecule has 1 fully saturated rings. The first kappa shape index (κ1) is 20.5. The maximum absolute atomic E-state index is 12.6. The molecule has 3 aromatic rings. The Hall–Kier alpha value is -1.79. The van der Waals surface area contributed by atoms with Gasteiger partial charge in [-0.2, -0.15) is 4.31 Å². The number of anilines is 1. The number of aryl methyl sites for hydroxylation is 1. The summed E-state index contributed by atoms with van der Waals surface area (Å²) < 4.78 is 28.0. The lowest BCUT2D eigenvalue weighted by molar-refractivity contribution is -0.134. The normalized spacial score (nSPS) is 16.0. The van der Waals surface area contributed by atoms with E-state index in [1.807, 2.05) is 12.1 Å². The largest absolute Gasteiger partial charge is 0.382 e. The van der Waals surface area contributed by atoms with Gasteiger partial charge in [-0.1, -0.05) is 11.6 Å². The fraction of sp³-hybridized carbons (Fsp3) is 0.353. The second-order valence-corrected chi connectivity index (χ2v) is 11.6. The van der Waals surface area contributed by atoms with E-state index in [0.29, 0.717) is 29.7 Å². The zero-order valence-electron chi connectivity index (χ0n) is 15.2. The Morgan fingerprint density at radius 2 is 2.00 bits per heavy atom. The first-order chi connectivity index (χ1) is 13.8. The lowest BCUT2D eigenvalue weighted by atomic mass is 10.3. The minimum atomic E-state index is -3.51. The summed E-state index contributed by atoms with van der Waals surface area (Å²) >= 11 is 8.71. The third kappa shape index (κ3) is 4.53. The van der Waals surface area contributed by atoms with Crippen molar-refractivity contribution < 1.29 is 13.2 Å². The Kier molecular flexibility index (Phi) is 5.76. The smallest absolute Gasteiger partial charge is 0.238 e. The van der Waals surface area contributed by atoms with Gasteiger partial charge in [-0.3, -0.25) is 4.79 Å². The topological polar surface area (TPSA) is 109 Å². The van der Waals surface area contributed by atoms with E-state index in [9.17, 15) is 13.2 Å². The van der Waals surface area contributed by atoms with Crippen LogP contribution in [0.15, 0.2) is 24.5 Å². The molecule has 0 radical (unpaired) electrons. The number of nitrogens with two attached hydrogens (primary N) is 1. The summed E-state index contributed by atoms with van der Waals surface area (Å²) in [6.07, 6.45) is 1.80. The van der Waals surface area contributed by atoms with Crippen LogP contribution in [0.4, 0.5) is 5.82 Å². The van der Waals surface area contributed by atoms with Crippen molar-refractivity contribution in [3.8, 4) is 0 Å². The zero-order valence-corrected chi connectivity index (χ0v) is 18.5. The number of hydrogen-bond acceptors (Lipinski definition) is 8. The highest BCUT2D eigenvalue weighted by Gasteiger charge is 2.31. The van der Waals surface area contributed by atoms with Gasteiger partial charge in [0.05, 0.1) is 33.4 Å². The Morgan fingerprint density at radius 3 is 2.69 bits per heavy atom. The molecule has 4 heterocycles. The van der Waals surface area contributed by atoms with Crippen molar-refractivity contribution in [2.24, 2.45) is 0 Å². The van der Waals surface area contributed by atoms with Gasteiger partial charge in [0.1, 0.15) is 12.1 Å². The Bertz CT molecular complexity index is 1160. The molecule has 1 amide bonds. The molecule has 4 rings (SSSR count). The van der Waals surface area contributed by atoms with Crippen LogP contribution < -0.4 is 5.73 Å². The third-order valence-corrected chi connectivity index (χ3v) is 8.89.